The van der Waals surface area contributed by atoms with E-state index < -0.39 is 0 Å². The maximum atomic E-state index is 13.1. The fraction of sp³-hybridized carbons (Fsp3) is 0.0556. The van der Waals surface area contributed by atoms with Crippen molar-refractivity contribution in [2.45, 2.75) is 0 Å². The molecule has 0 aliphatic carbocycles. The van der Waals surface area contributed by atoms with E-state index in [0.717, 1.165) is 11.1 Å². The topological polar surface area (TPSA) is 44.9 Å². The van der Waals surface area contributed by atoms with E-state index in [-0.39, 0.29) is 18.3 Å². The largest absolute Gasteiger partial charge is 0.351 e. The molecule has 0 atom stereocenters. The molecule has 0 radical (unpaired) electrons. The summed E-state index contributed by atoms with van der Waals surface area (Å²) in [4.78, 5) is 15.0. The lowest BCUT2D eigenvalue weighted by Gasteiger charge is -1.97. The quantitative estimate of drug-likeness (QED) is 0.700. The fourth-order valence-electron chi connectivity index (χ4n) is 2.11. The molecule has 0 aliphatic rings. The highest BCUT2D eigenvalue weighted by Gasteiger charge is 2.08. The third-order valence-corrected chi connectivity index (χ3v) is 3.17. The molecule has 0 fully saturated rings. The SMILES string of the molecule is O=C(NCC#Cc1ccccc1)c1cc2cc(F)ccc2[nH]1. The Bertz CT molecular complexity index is 872. The van der Waals surface area contributed by atoms with Crippen LogP contribution in [0.5, 0.6) is 0 Å². The van der Waals surface area contributed by atoms with E-state index in [4.69, 9.17) is 0 Å². The standard InChI is InChI=1S/C18H13FN2O/c19-15-8-9-16-14(11-15)12-17(21-16)18(22)20-10-4-7-13-5-2-1-3-6-13/h1-3,5-6,8-9,11-12,21H,10H2,(H,20,22). The van der Waals surface area contributed by atoms with Crippen molar-refractivity contribution in [2.75, 3.05) is 6.54 Å². The second-order valence-corrected chi connectivity index (χ2v) is 4.77. The van der Waals surface area contributed by atoms with Crippen LogP contribution in [0.1, 0.15) is 16.1 Å². The molecule has 3 aromatic rings. The van der Waals surface area contributed by atoms with Gasteiger partial charge in [0.2, 0.25) is 0 Å². The van der Waals surface area contributed by atoms with Gasteiger partial charge in [-0.05, 0) is 36.4 Å². The Morgan fingerprint density at radius 1 is 1.14 bits per heavy atom. The van der Waals surface area contributed by atoms with Gasteiger partial charge in [-0.3, -0.25) is 4.79 Å². The number of halogens is 1. The molecule has 0 unspecified atom stereocenters. The Balaban J connectivity index is 1.65. The van der Waals surface area contributed by atoms with E-state index in [1.807, 2.05) is 30.3 Å². The number of aromatic amines is 1. The fourth-order valence-corrected chi connectivity index (χ4v) is 2.11. The maximum Gasteiger partial charge on any atom is 0.268 e. The highest BCUT2D eigenvalue weighted by atomic mass is 19.1. The smallest absolute Gasteiger partial charge is 0.268 e. The first-order valence-electron chi connectivity index (χ1n) is 6.83. The van der Waals surface area contributed by atoms with Gasteiger partial charge in [-0.2, -0.15) is 0 Å². The molecule has 0 spiro atoms. The van der Waals surface area contributed by atoms with Crippen LogP contribution in [0, 0.1) is 17.7 Å². The van der Waals surface area contributed by atoms with Crippen molar-refractivity contribution in [1.29, 1.82) is 0 Å². The average Bonchev–Trinajstić information content (AvgIpc) is 2.95. The molecule has 0 saturated heterocycles. The van der Waals surface area contributed by atoms with E-state index in [1.165, 1.54) is 12.1 Å². The molecular weight excluding hydrogens is 279 g/mol. The van der Waals surface area contributed by atoms with Gasteiger partial charge in [0.25, 0.3) is 5.91 Å². The number of fused-ring (bicyclic) bond motifs is 1. The molecule has 1 aromatic heterocycles. The Morgan fingerprint density at radius 2 is 1.95 bits per heavy atom. The lowest BCUT2D eigenvalue weighted by Crippen LogP contribution is -2.23. The van der Waals surface area contributed by atoms with Gasteiger partial charge in [0.15, 0.2) is 0 Å². The Hall–Kier alpha value is -3.06. The highest BCUT2D eigenvalue weighted by Crippen LogP contribution is 2.16. The Morgan fingerprint density at radius 3 is 2.77 bits per heavy atom. The zero-order valence-electron chi connectivity index (χ0n) is 11.7. The third kappa shape index (κ3) is 3.15. The molecule has 1 heterocycles. The molecule has 2 aromatic carbocycles. The average molecular weight is 292 g/mol. The van der Waals surface area contributed by atoms with E-state index in [0.29, 0.717) is 11.1 Å². The lowest BCUT2D eigenvalue weighted by molar-refractivity contribution is 0.0954. The highest BCUT2D eigenvalue weighted by molar-refractivity contribution is 5.98. The summed E-state index contributed by atoms with van der Waals surface area (Å²) in [6.45, 7) is 0.247. The van der Waals surface area contributed by atoms with Crippen molar-refractivity contribution in [3.05, 3.63) is 71.7 Å². The number of aromatic nitrogens is 1. The minimum absolute atomic E-state index is 0.247. The molecule has 2 N–H and O–H groups in total. The number of carbonyl (C=O) groups excluding carboxylic acids is 1. The van der Waals surface area contributed by atoms with Crippen LogP contribution in [0.2, 0.25) is 0 Å². The van der Waals surface area contributed by atoms with E-state index in [1.54, 1.807) is 12.1 Å². The van der Waals surface area contributed by atoms with Crippen molar-refractivity contribution in [3.63, 3.8) is 0 Å². The summed E-state index contributed by atoms with van der Waals surface area (Å²) in [5, 5.41) is 3.37. The maximum absolute atomic E-state index is 13.1. The number of nitrogens with one attached hydrogen (secondary N) is 2. The van der Waals surface area contributed by atoms with Crippen molar-refractivity contribution >= 4 is 16.8 Å². The zero-order valence-corrected chi connectivity index (χ0v) is 11.7. The number of benzene rings is 2. The summed E-state index contributed by atoms with van der Waals surface area (Å²) in [7, 11) is 0. The first-order valence-corrected chi connectivity index (χ1v) is 6.83. The molecule has 0 bridgehead atoms. The third-order valence-electron chi connectivity index (χ3n) is 3.17. The lowest BCUT2D eigenvalue weighted by atomic mass is 10.2. The summed E-state index contributed by atoms with van der Waals surface area (Å²) in [6, 6.07) is 15.5. The summed E-state index contributed by atoms with van der Waals surface area (Å²) >= 11 is 0. The number of rotatable bonds is 2. The minimum atomic E-state index is -0.327. The van der Waals surface area contributed by atoms with Crippen LogP contribution < -0.4 is 5.32 Å². The Kier molecular flexibility index (Phi) is 3.88. The number of amides is 1. The van der Waals surface area contributed by atoms with Gasteiger partial charge in [-0.1, -0.05) is 30.0 Å². The van der Waals surface area contributed by atoms with Crippen molar-refractivity contribution in [2.24, 2.45) is 0 Å². The molecule has 1 amide bonds. The molecule has 22 heavy (non-hydrogen) atoms. The van der Waals surface area contributed by atoms with Crippen LogP contribution in [0.4, 0.5) is 4.39 Å². The minimum Gasteiger partial charge on any atom is -0.351 e. The monoisotopic (exact) mass is 292 g/mol. The molecular formula is C18H13FN2O. The summed E-state index contributed by atoms with van der Waals surface area (Å²) in [5.74, 6) is 5.26. The summed E-state index contributed by atoms with van der Waals surface area (Å²) in [6.07, 6.45) is 0. The van der Waals surface area contributed by atoms with Crippen molar-refractivity contribution in [3.8, 4) is 11.8 Å². The van der Waals surface area contributed by atoms with Gasteiger partial charge in [0.05, 0.1) is 6.54 Å². The van der Waals surface area contributed by atoms with Gasteiger partial charge in [0, 0.05) is 16.5 Å². The normalized spacial score (nSPS) is 10.0. The van der Waals surface area contributed by atoms with Crippen LogP contribution in [-0.4, -0.2) is 17.4 Å². The second kappa shape index (κ2) is 6.15. The van der Waals surface area contributed by atoms with E-state index >= 15 is 0 Å². The number of hydrogen-bond acceptors (Lipinski definition) is 1. The summed E-state index contributed by atoms with van der Waals surface area (Å²) < 4.78 is 13.1. The van der Waals surface area contributed by atoms with E-state index in [9.17, 15) is 9.18 Å². The van der Waals surface area contributed by atoms with Gasteiger partial charge >= 0.3 is 0 Å². The predicted molar refractivity (Wildman–Crippen MR) is 83.9 cm³/mol. The van der Waals surface area contributed by atoms with Crippen LogP contribution in [0.15, 0.2) is 54.6 Å². The van der Waals surface area contributed by atoms with Crippen LogP contribution >= 0.6 is 0 Å². The zero-order chi connectivity index (χ0) is 15.4. The number of carbonyl (C=O) groups is 1. The molecule has 4 heteroatoms. The number of H-pyrrole nitrogens is 1. The molecule has 108 valence electrons. The van der Waals surface area contributed by atoms with E-state index in [2.05, 4.69) is 22.1 Å². The summed E-state index contributed by atoms with van der Waals surface area (Å²) in [5.41, 5.74) is 2.02. The predicted octanol–water partition coefficient (Wildman–Crippen LogP) is 3.09. The van der Waals surface area contributed by atoms with Gasteiger partial charge < -0.3 is 10.3 Å². The van der Waals surface area contributed by atoms with Crippen molar-refractivity contribution in [1.82, 2.24) is 10.3 Å². The van der Waals surface area contributed by atoms with Crippen molar-refractivity contribution < 1.29 is 9.18 Å². The molecule has 0 saturated carbocycles. The van der Waals surface area contributed by atoms with Crippen LogP contribution in [-0.2, 0) is 0 Å². The molecule has 3 rings (SSSR count). The Labute approximate surface area is 127 Å². The first kappa shape index (κ1) is 13.9. The van der Waals surface area contributed by atoms with Gasteiger partial charge in [0.1, 0.15) is 11.5 Å². The first-order chi connectivity index (χ1) is 10.7. The molecule has 0 aliphatic heterocycles. The molecule has 3 nitrogen and oxygen atoms in total. The van der Waals surface area contributed by atoms with Crippen LogP contribution in [0.3, 0.4) is 0 Å². The second-order valence-electron chi connectivity index (χ2n) is 4.77. The van der Waals surface area contributed by atoms with Gasteiger partial charge in [-0.15, -0.1) is 0 Å². The number of hydrogen-bond donors (Lipinski definition) is 2. The van der Waals surface area contributed by atoms with Gasteiger partial charge in [-0.25, -0.2) is 4.39 Å². The van der Waals surface area contributed by atoms with Crippen LogP contribution in [0.25, 0.3) is 10.9 Å².